The van der Waals surface area contributed by atoms with E-state index >= 15 is 0 Å². The third-order valence-electron chi connectivity index (χ3n) is 4.65. The Balaban J connectivity index is 1.72. The summed E-state index contributed by atoms with van der Waals surface area (Å²) in [5, 5.41) is 8.96. The SMILES string of the molecule is CC(C)(C)OC(=O)CNC(=O)[C@H](Cc1c[nH]c2ccccc12)NC(=O)Nc1ccc(Br)cc1. The fourth-order valence-corrected chi connectivity index (χ4v) is 3.51. The molecule has 0 saturated carbocycles. The summed E-state index contributed by atoms with van der Waals surface area (Å²) < 4.78 is 6.12. The van der Waals surface area contributed by atoms with Crippen LogP contribution < -0.4 is 16.0 Å². The van der Waals surface area contributed by atoms with E-state index < -0.39 is 29.6 Å². The fraction of sp³-hybridized carbons (Fsp3) is 0.292. The van der Waals surface area contributed by atoms with E-state index in [2.05, 4.69) is 36.9 Å². The van der Waals surface area contributed by atoms with Gasteiger partial charge in [0.15, 0.2) is 0 Å². The first-order valence-electron chi connectivity index (χ1n) is 10.5. The molecular weight excluding hydrogens is 488 g/mol. The van der Waals surface area contributed by atoms with Crippen molar-refractivity contribution in [1.29, 1.82) is 0 Å². The van der Waals surface area contributed by atoms with Crippen LogP contribution in [-0.2, 0) is 20.7 Å². The van der Waals surface area contributed by atoms with E-state index in [-0.39, 0.29) is 13.0 Å². The smallest absolute Gasteiger partial charge is 0.325 e. The number of halogens is 1. The summed E-state index contributed by atoms with van der Waals surface area (Å²) in [5.74, 6) is -1.04. The number of hydrogen-bond acceptors (Lipinski definition) is 4. The molecule has 0 aliphatic carbocycles. The van der Waals surface area contributed by atoms with Gasteiger partial charge in [0.25, 0.3) is 0 Å². The summed E-state index contributed by atoms with van der Waals surface area (Å²) in [4.78, 5) is 40.7. The molecule has 3 amide bonds. The van der Waals surface area contributed by atoms with Crippen LogP contribution in [0.15, 0.2) is 59.2 Å². The molecule has 8 nitrogen and oxygen atoms in total. The maximum absolute atomic E-state index is 12.9. The van der Waals surface area contributed by atoms with Gasteiger partial charge in [0.2, 0.25) is 5.91 Å². The van der Waals surface area contributed by atoms with Crippen LogP contribution in [0.5, 0.6) is 0 Å². The molecule has 0 spiro atoms. The van der Waals surface area contributed by atoms with Crippen molar-refractivity contribution in [3.8, 4) is 0 Å². The number of para-hydroxylation sites is 1. The number of ether oxygens (including phenoxy) is 1. The van der Waals surface area contributed by atoms with Crippen molar-refractivity contribution in [2.24, 2.45) is 0 Å². The lowest BCUT2D eigenvalue weighted by atomic mass is 10.0. The third-order valence-corrected chi connectivity index (χ3v) is 5.18. The maximum Gasteiger partial charge on any atom is 0.325 e. The van der Waals surface area contributed by atoms with Crippen LogP contribution in [0.4, 0.5) is 10.5 Å². The first-order valence-corrected chi connectivity index (χ1v) is 11.3. The number of carbonyl (C=O) groups excluding carboxylic acids is 3. The molecule has 1 atom stereocenters. The van der Waals surface area contributed by atoms with Gasteiger partial charge in [0.1, 0.15) is 18.2 Å². The molecule has 0 fully saturated rings. The molecule has 2 aromatic carbocycles. The lowest BCUT2D eigenvalue weighted by molar-refractivity contribution is -0.154. The van der Waals surface area contributed by atoms with E-state index in [1.54, 1.807) is 45.0 Å². The summed E-state index contributed by atoms with van der Waals surface area (Å²) in [6.07, 6.45) is 2.05. The monoisotopic (exact) mass is 514 g/mol. The van der Waals surface area contributed by atoms with Gasteiger partial charge >= 0.3 is 12.0 Å². The third kappa shape index (κ3) is 7.35. The second kappa shape index (κ2) is 10.5. The molecule has 0 radical (unpaired) electrons. The van der Waals surface area contributed by atoms with Gasteiger partial charge in [0.05, 0.1) is 0 Å². The average molecular weight is 515 g/mol. The van der Waals surface area contributed by atoms with Crippen molar-refractivity contribution >= 4 is 50.4 Å². The van der Waals surface area contributed by atoms with E-state index in [0.717, 1.165) is 20.9 Å². The highest BCUT2D eigenvalue weighted by Gasteiger charge is 2.24. The van der Waals surface area contributed by atoms with Crippen LogP contribution in [0.2, 0.25) is 0 Å². The predicted octanol–water partition coefficient (Wildman–Crippen LogP) is 4.12. The number of benzene rings is 2. The van der Waals surface area contributed by atoms with Crippen LogP contribution in [0.25, 0.3) is 10.9 Å². The lowest BCUT2D eigenvalue weighted by Crippen LogP contribution is -2.50. The Kier molecular flexibility index (Phi) is 7.75. The Hall–Kier alpha value is -3.33. The first kappa shape index (κ1) is 24.3. The number of rotatable bonds is 7. The topological polar surface area (TPSA) is 112 Å². The predicted molar refractivity (Wildman–Crippen MR) is 131 cm³/mol. The number of amides is 3. The quantitative estimate of drug-likeness (QED) is 0.355. The highest BCUT2D eigenvalue weighted by molar-refractivity contribution is 9.10. The largest absolute Gasteiger partial charge is 0.459 e. The summed E-state index contributed by atoms with van der Waals surface area (Å²) in [7, 11) is 0. The van der Waals surface area contributed by atoms with Crippen molar-refractivity contribution in [2.75, 3.05) is 11.9 Å². The Morgan fingerprint density at radius 1 is 1.06 bits per heavy atom. The zero-order chi connectivity index (χ0) is 24.0. The van der Waals surface area contributed by atoms with Crippen LogP contribution in [-0.4, -0.2) is 41.1 Å². The van der Waals surface area contributed by atoms with Crippen LogP contribution >= 0.6 is 15.9 Å². The van der Waals surface area contributed by atoms with Crippen molar-refractivity contribution in [1.82, 2.24) is 15.6 Å². The number of urea groups is 1. The minimum absolute atomic E-state index is 0.234. The first-order chi connectivity index (χ1) is 15.6. The molecule has 9 heteroatoms. The minimum atomic E-state index is -0.915. The zero-order valence-electron chi connectivity index (χ0n) is 18.7. The number of fused-ring (bicyclic) bond motifs is 1. The second-order valence-corrected chi connectivity index (χ2v) is 9.44. The van der Waals surface area contributed by atoms with Gasteiger partial charge in [-0.3, -0.25) is 9.59 Å². The molecule has 1 heterocycles. The van der Waals surface area contributed by atoms with Gasteiger partial charge in [-0.1, -0.05) is 34.1 Å². The van der Waals surface area contributed by atoms with E-state index in [0.29, 0.717) is 5.69 Å². The molecule has 1 aromatic heterocycles. The molecule has 0 bridgehead atoms. The average Bonchev–Trinajstić information content (AvgIpc) is 3.15. The van der Waals surface area contributed by atoms with Gasteiger partial charge in [0, 0.05) is 33.7 Å². The van der Waals surface area contributed by atoms with Gasteiger partial charge < -0.3 is 25.7 Å². The van der Waals surface area contributed by atoms with E-state index in [1.165, 1.54) is 0 Å². The van der Waals surface area contributed by atoms with Crippen LogP contribution in [0, 0.1) is 0 Å². The van der Waals surface area contributed by atoms with Crippen molar-refractivity contribution in [3.63, 3.8) is 0 Å². The molecule has 0 saturated heterocycles. The van der Waals surface area contributed by atoms with E-state index in [4.69, 9.17) is 4.74 Å². The van der Waals surface area contributed by atoms with Gasteiger partial charge in [-0.2, -0.15) is 0 Å². The van der Waals surface area contributed by atoms with Gasteiger partial charge in [-0.15, -0.1) is 0 Å². The van der Waals surface area contributed by atoms with Crippen molar-refractivity contribution in [2.45, 2.75) is 38.8 Å². The number of esters is 1. The van der Waals surface area contributed by atoms with Crippen LogP contribution in [0.3, 0.4) is 0 Å². The Morgan fingerprint density at radius 2 is 1.76 bits per heavy atom. The molecule has 0 aliphatic rings. The molecule has 3 rings (SSSR count). The number of nitrogens with one attached hydrogen (secondary N) is 4. The highest BCUT2D eigenvalue weighted by atomic mass is 79.9. The number of anilines is 1. The molecular formula is C24H27BrN4O4. The molecule has 33 heavy (non-hydrogen) atoms. The summed E-state index contributed by atoms with van der Waals surface area (Å²) >= 11 is 3.35. The zero-order valence-corrected chi connectivity index (χ0v) is 20.3. The Bertz CT molecular complexity index is 1140. The lowest BCUT2D eigenvalue weighted by Gasteiger charge is -2.21. The molecule has 4 N–H and O–H groups in total. The van der Waals surface area contributed by atoms with Crippen LogP contribution in [0.1, 0.15) is 26.3 Å². The molecule has 0 aliphatic heterocycles. The fourth-order valence-electron chi connectivity index (χ4n) is 3.25. The van der Waals surface area contributed by atoms with E-state index in [1.807, 2.05) is 30.5 Å². The molecule has 174 valence electrons. The maximum atomic E-state index is 12.9. The number of H-pyrrole nitrogens is 1. The number of aromatic amines is 1. The Labute approximate surface area is 200 Å². The molecule has 3 aromatic rings. The summed E-state index contributed by atoms with van der Waals surface area (Å²) in [5.41, 5.74) is 1.72. The van der Waals surface area contributed by atoms with Crippen molar-refractivity contribution in [3.05, 3.63) is 64.8 Å². The van der Waals surface area contributed by atoms with Crippen molar-refractivity contribution < 1.29 is 19.1 Å². The number of aromatic nitrogens is 1. The normalized spacial score (nSPS) is 12.1. The number of carbonyl (C=O) groups is 3. The van der Waals surface area contributed by atoms with E-state index in [9.17, 15) is 14.4 Å². The number of hydrogen-bond donors (Lipinski definition) is 4. The van der Waals surface area contributed by atoms with Gasteiger partial charge in [-0.05, 0) is 56.7 Å². The molecule has 0 unspecified atom stereocenters. The summed E-state index contributed by atoms with van der Waals surface area (Å²) in [6, 6.07) is 13.3. The standard InChI is InChI=1S/C24H27BrN4O4/c1-24(2,3)33-21(30)14-27-22(31)20(12-15-13-26-19-7-5-4-6-18(15)19)29-23(32)28-17-10-8-16(25)9-11-17/h4-11,13,20,26H,12,14H2,1-3H3,(H,27,31)(H2,28,29,32)/t20-/m0/s1. The second-order valence-electron chi connectivity index (χ2n) is 8.53. The highest BCUT2D eigenvalue weighted by Crippen LogP contribution is 2.19. The van der Waals surface area contributed by atoms with Gasteiger partial charge in [-0.25, -0.2) is 4.79 Å². The summed E-state index contributed by atoms with van der Waals surface area (Å²) in [6.45, 7) is 4.96. The Morgan fingerprint density at radius 3 is 2.45 bits per heavy atom. The minimum Gasteiger partial charge on any atom is -0.459 e.